The molecule has 5 heteroatoms. The van der Waals surface area contributed by atoms with Gasteiger partial charge in [-0.3, -0.25) is 9.78 Å². The first-order valence-electron chi connectivity index (χ1n) is 3.63. The molecule has 0 radical (unpaired) electrons. The first kappa shape index (κ1) is 8.00. The molecule has 4 nitrogen and oxygen atoms in total. The van der Waals surface area contributed by atoms with Crippen LogP contribution in [0.4, 0.5) is 5.69 Å². The minimum Gasteiger partial charge on any atom is -0.396 e. The molecule has 2 heterocycles. The molecule has 0 saturated carbocycles. The number of carbonyl (C=O) groups excluding carboxylic acids is 1. The number of anilines is 1. The van der Waals surface area contributed by atoms with E-state index in [9.17, 15) is 4.79 Å². The molecule has 66 valence electrons. The third-order valence-corrected chi connectivity index (χ3v) is 2.88. The van der Waals surface area contributed by atoms with Crippen molar-refractivity contribution in [2.45, 2.75) is 0 Å². The molecule has 4 N–H and O–H groups in total. The molecule has 2 aromatic rings. The van der Waals surface area contributed by atoms with Crippen molar-refractivity contribution in [3.8, 4) is 0 Å². The molecular weight excluding hydrogens is 186 g/mol. The van der Waals surface area contributed by atoms with Crippen molar-refractivity contribution in [2.75, 3.05) is 5.73 Å². The van der Waals surface area contributed by atoms with Crippen molar-refractivity contribution in [3.63, 3.8) is 0 Å². The summed E-state index contributed by atoms with van der Waals surface area (Å²) in [7, 11) is 0. The summed E-state index contributed by atoms with van der Waals surface area (Å²) in [6, 6.07) is 3.65. The third-order valence-electron chi connectivity index (χ3n) is 1.71. The first-order valence-corrected chi connectivity index (χ1v) is 4.44. The second-order valence-electron chi connectivity index (χ2n) is 2.56. The summed E-state index contributed by atoms with van der Waals surface area (Å²) in [6.07, 6.45) is 1.64. The highest BCUT2D eigenvalue weighted by Crippen LogP contribution is 2.31. The Bertz CT molecular complexity index is 477. The number of hydrogen-bond acceptors (Lipinski definition) is 4. The number of nitrogens with two attached hydrogens (primary N) is 2. The van der Waals surface area contributed by atoms with Gasteiger partial charge in [0.2, 0.25) is 0 Å². The molecule has 2 rings (SSSR count). The van der Waals surface area contributed by atoms with Crippen LogP contribution in [0.3, 0.4) is 0 Å². The molecular formula is C8H7N3OS. The van der Waals surface area contributed by atoms with Gasteiger partial charge in [0, 0.05) is 6.20 Å². The molecule has 0 aliphatic heterocycles. The number of nitrogen functional groups attached to an aromatic ring is 1. The van der Waals surface area contributed by atoms with Gasteiger partial charge < -0.3 is 11.5 Å². The normalized spacial score (nSPS) is 10.5. The van der Waals surface area contributed by atoms with Gasteiger partial charge in [-0.2, -0.15) is 0 Å². The van der Waals surface area contributed by atoms with E-state index in [2.05, 4.69) is 4.98 Å². The Kier molecular flexibility index (Phi) is 1.66. The van der Waals surface area contributed by atoms with Gasteiger partial charge in [-0.25, -0.2) is 0 Å². The molecule has 0 atom stereocenters. The summed E-state index contributed by atoms with van der Waals surface area (Å²) in [5.74, 6) is -0.500. The van der Waals surface area contributed by atoms with Crippen molar-refractivity contribution in [2.24, 2.45) is 5.73 Å². The largest absolute Gasteiger partial charge is 0.396 e. The second kappa shape index (κ2) is 2.70. The highest BCUT2D eigenvalue weighted by Gasteiger charge is 2.13. The average molecular weight is 193 g/mol. The molecule has 0 saturated heterocycles. The minimum absolute atomic E-state index is 0.383. The van der Waals surface area contributed by atoms with Gasteiger partial charge >= 0.3 is 0 Å². The van der Waals surface area contributed by atoms with E-state index in [-0.39, 0.29) is 0 Å². The van der Waals surface area contributed by atoms with Crippen molar-refractivity contribution in [3.05, 3.63) is 23.2 Å². The van der Waals surface area contributed by atoms with Gasteiger partial charge in [0.1, 0.15) is 10.4 Å². The van der Waals surface area contributed by atoms with E-state index in [1.54, 1.807) is 12.3 Å². The number of fused-ring (bicyclic) bond motifs is 1. The highest BCUT2D eigenvalue weighted by molar-refractivity contribution is 7.21. The lowest BCUT2D eigenvalue weighted by atomic mass is 10.3. The fraction of sp³-hybridized carbons (Fsp3) is 0. The molecule has 0 spiro atoms. The maximum Gasteiger partial charge on any atom is 0.260 e. The van der Waals surface area contributed by atoms with E-state index in [0.29, 0.717) is 16.1 Å². The zero-order valence-electron chi connectivity index (χ0n) is 6.65. The van der Waals surface area contributed by atoms with E-state index in [4.69, 9.17) is 11.5 Å². The van der Waals surface area contributed by atoms with Crippen LogP contribution in [-0.2, 0) is 0 Å². The summed E-state index contributed by atoms with van der Waals surface area (Å²) < 4.78 is 0.883. The predicted octanol–water partition coefficient (Wildman–Crippen LogP) is 0.977. The molecule has 1 amide bonds. The van der Waals surface area contributed by atoms with Crippen molar-refractivity contribution < 1.29 is 4.79 Å². The monoisotopic (exact) mass is 193 g/mol. The molecule has 0 aliphatic carbocycles. The molecule has 0 aromatic carbocycles. The molecule has 0 bridgehead atoms. The van der Waals surface area contributed by atoms with Crippen LogP contribution in [0.2, 0.25) is 0 Å². The van der Waals surface area contributed by atoms with Gasteiger partial charge in [0.15, 0.2) is 0 Å². The summed E-state index contributed by atoms with van der Waals surface area (Å²) in [4.78, 5) is 15.4. The number of hydrogen-bond donors (Lipinski definition) is 2. The second-order valence-corrected chi connectivity index (χ2v) is 3.61. The number of pyridine rings is 1. The van der Waals surface area contributed by atoms with Crippen LogP contribution < -0.4 is 11.5 Å². The van der Waals surface area contributed by atoms with Crippen LogP contribution in [0.5, 0.6) is 0 Å². The van der Waals surface area contributed by atoms with Crippen LogP contribution in [0.25, 0.3) is 10.2 Å². The maximum absolute atomic E-state index is 10.9. The minimum atomic E-state index is -0.500. The van der Waals surface area contributed by atoms with Gasteiger partial charge in [0.05, 0.1) is 10.4 Å². The van der Waals surface area contributed by atoms with Crippen LogP contribution >= 0.6 is 11.3 Å². The zero-order valence-corrected chi connectivity index (χ0v) is 7.47. The fourth-order valence-electron chi connectivity index (χ4n) is 1.13. The lowest BCUT2D eigenvalue weighted by Crippen LogP contribution is -2.10. The SMILES string of the molecule is NC(=O)c1sc2cccnc2c1N. The Labute approximate surface area is 78.2 Å². The van der Waals surface area contributed by atoms with Gasteiger partial charge in [0.25, 0.3) is 5.91 Å². The van der Waals surface area contributed by atoms with Gasteiger partial charge in [-0.05, 0) is 12.1 Å². The summed E-state index contributed by atoms with van der Waals surface area (Å²) in [5.41, 5.74) is 11.9. The number of amides is 1. The van der Waals surface area contributed by atoms with Gasteiger partial charge in [-0.15, -0.1) is 11.3 Å². The predicted molar refractivity (Wildman–Crippen MR) is 52.6 cm³/mol. The van der Waals surface area contributed by atoms with Crippen LogP contribution in [0.15, 0.2) is 18.3 Å². The number of nitrogens with zero attached hydrogens (tertiary/aromatic N) is 1. The molecule has 0 aliphatic rings. The fourth-order valence-corrected chi connectivity index (χ4v) is 2.06. The van der Waals surface area contributed by atoms with Crippen molar-refractivity contribution in [1.82, 2.24) is 4.98 Å². The van der Waals surface area contributed by atoms with Crippen LogP contribution in [-0.4, -0.2) is 10.9 Å². The Morgan fingerprint density at radius 1 is 1.54 bits per heavy atom. The third kappa shape index (κ3) is 1.13. The number of thiophene rings is 1. The van der Waals surface area contributed by atoms with E-state index in [1.165, 1.54) is 11.3 Å². The van der Waals surface area contributed by atoms with E-state index >= 15 is 0 Å². The highest BCUT2D eigenvalue weighted by atomic mass is 32.1. The molecule has 2 aromatic heterocycles. The Morgan fingerprint density at radius 3 is 2.92 bits per heavy atom. The topological polar surface area (TPSA) is 82.0 Å². The summed E-state index contributed by atoms with van der Waals surface area (Å²) >= 11 is 1.27. The molecule has 13 heavy (non-hydrogen) atoms. The standard InChI is InChI=1S/C8H7N3OS/c9-5-6-4(2-1-3-11-6)13-7(5)8(10)12/h1-3H,9H2,(H2,10,12). The summed E-state index contributed by atoms with van der Waals surface area (Å²) in [6.45, 7) is 0. The number of carbonyl (C=O) groups is 1. The van der Waals surface area contributed by atoms with E-state index in [0.717, 1.165) is 4.70 Å². The Hall–Kier alpha value is -1.62. The molecule has 0 fully saturated rings. The molecule has 0 unspecified atom stereocenters. The van der Waals surface area contributed by atoms with E-state index in [1.807, 2.05) is 6.07 Å². The first-order chi connectivity index (χ1) is 6.20. The Morgan fingerprint density at radius 2 is 2.31 bits per heavy atom. The average Bonchev–Trinajstić information content (AvgIpc) is 2.45. The quantitative estimate of drug-likeness (QED) is 0.708. The van der Waals surface area contributed by atoms with E-state index < -0.39 is 5.91 Å². The Balaban J connectivity index is 2.81. The maximum atomic E-state index is 10.9. The zero-order chi connectivity index (χ0) is 9.42. The van der Waals surface area contributed by atoms with Crippen molar-refractivity contribution in [1.29, 1.82) is 0 Å². The van der Waals surface area contributed by atoms with Crippen LogP contribution in [0.1, 0.15) is 9.67 Å². The lowest BCUT2D eigenvalue weighted by Gasteiger charge is -1.90. The van der Waals surface area contributed by atoms with Crippen molar-refractivity contribution >= 4 is 33.1 Å². The number of rotatable bonds is 1. The lowest BCUT2D eigenvalue weighted by molar-refractivity contribution is 0.100. The number of primary amides is 1. The van der Waals surface area contributed by atoms with Gasteiger partial charge in [-0.1, -0.05) is 0 Å². The number of aromatic nitrogens is 1. The summed E-state index contributed by atoms with van der Waals surface area (Å²) in [5, 5.41) is 0. The smallest absolute Gasteiger partial charge is 0.260 e. The van der Waals surface area contributed by atoms with Crippen LogP contribution in [0, 0.1) is 0 Å².